The first-order valence-electron chi connectivity index (χ1n) is 4.03. The highest BCUT2D eigenvalue weighted by Gasteiger charge is 2.06. The summed E-state index contributed by atoms with van der Waals surface area (Å²) in [4.78, 5) is 3.79. The van der Waals surface area contributed by atoms with Crippen molar-refractivity contribution in [1.82, 2.24) is 0 Å². The molecule has 0 unspecified atom stereocenters. The van der Waals surface area contributed by atoms with E-state index >= 15 is 0 Å². The van der Waals surface area contributed by atoms with E-state index in [2.05, 4.69) is 32.7 Å². The van der Waals surface area contributed by atoms with Gasteiger partial charge in [0.05, 0.1) is 0 Å². The molecule has 0 aromatic rings. The molecule has 0 saturated heterocycles. The van der Waals surface area contributed by atoms with E-state index in [0.717, 1.165) is 12.1 Å². The Morgan fingerprint density at radius 1 is 1.36 bits per heavy atom. The van der Waals surface area contributed by atoms with Gasteiger partial charge in [0.25, 0.3) is 0 Å². The van der Waals surface area contributed by atoms with Gasteiger partial charge < -0.3 is 0 Å². The van der Waals surface area contributed by atoms with Crippen LogP contribution in [0.15, 0.2) is 4.99 Å². The Bertz CT molecular complexity index is 172. The molecule has 0 radical (unpaired) electrons. The van der Waals surface area contributed by atoms with Gasteiger partial charge in [-0.15, -0.1) is 0 Å². The number of nitriles is 1. The second-order valence-corrected chi connectivity index (χ2v) is 3.46. The van der Waals surface area contributed by atoms with Crippen LogP contribution in [-0.4, -0.2) is 5.71 Å². The van der Waals surface area contributed by atoms with Crippen molar-refractivity contribution in [3.05, 3.63) is 0 Å². The Balaban J connectivity index is 4.15. The van der Waals surface area contributed by atoms with E-state index < -0.39 is 0 Å². The van der Waals surface area contributed by atoms with Crippen molar-refractivity contribution < 1.29 is 0 Å². The molecule has 0 fully saturated rings. The molecule has 0 heterocycles. The van der Waals surface area contributed by atoms with Crippen molar-refractivity contribution in [1.29, 1.82) is 5.26 Å². The average Bonchev–Trinajstić information content (AvgIpc) is 1.86. The van der Waals surface area contributed by atoms with Gasteiger partial charge in [-0.1, -0.05) is 27.7 Å². The Morgan fingerprint density at radius 3 is 2.18 bits per heavy atom. The van der Waals surface area contributed by atoms with Crippen molar-refractivity contribution in [3.63, 3.8) is 0 Å². The number of aliphatic imine (C=N–C) groups is 1. The summed E-state index contributed by atoms with van der Waals surface area (Å²) >= 11 is 0. The fraction of sp³-hybridized carbons (Fsp3) is 0.778. The first kappa shape index (κ1) is 10.2. The van der Waals surface area contributed by atoms with Crippen molar-refractivity contribution in [2.24, 2.45) is 16.8 Å². The molecule has 0 spiro atoms. The third-order valence-electron chi connectivity index (χ3n) is 1.48. The van der Waals surface area contributed by atoms with Crippen LogP contribution in [0.3, 0.4) is 0 Å². The van der Waals surface area contributed by atoms with Crippen LogP contribution in [0.25, 0.3) is 0 Å². The van der Waals surface area contributed by atoms with Crippen molar-refractivity contribution in [2.75, 3.05) is 0 Å². The van der Waals surface area contributed by atoms with Gasteiger partial charge in [0, 0.05) is 5.71 Å². The zero-order valence-corrected chi connectivity index (χ0v) is 7.76. The largest absolute Gasteiger partial charge is 0.205 e. The van der Waals surface area contributed by atoms with E-state index in [9.17, 15) is 0 Å². The molecule has 2 heteroatoms. The van der Waals surface area contributed by atoms with E-state index in [1.165, 1.54) is 0 Å². The van der Waals surface area contributed by atoms with E-state index in [1.54, 1.807) is 0 Å². The standard InChI is InChI=1S/C9H16N2/c1-7(2)5-9(8(3)4)11-6-10/h7-8H,5H2,1-4H3. The summed E-state index contributed by atoms with van der Waals surface area (Å²) in [5.74, 6) is 0.988. The Morgan fingerprint density at radius 2 is 1.91 bits per heavy atom. The lowest BCUT2D eigenvalue weighted by atomic mass is 9.98. The summed E-state index contributed by atoms with van der Waals surface area (Å²) in [6, 6.07) is 0. The third kappa shape index (κ3) is 4.55. The number of hydrogen-bond donors (Lipinski definition) is 0. The second-order valence-electron chi connectivity index (χ2n) is 3.46. The van der Waals surface area contributed by atoms with Gasteiger partial charge in [0.2, 0.25) is 6.19 Å². The molecule has 0 amide bonds. The number of nitrogens with zero attached hydrogens (tertiary/aromatic N) is 2. The zero-order valence-electron chi connectivity index (χ0n) is 7.76. The first-order valence-corrected chi connectivity index (χ1v) is 4.03. The summed E-state index contributed by atoms with van der Waals surface area (Å²) < 4.78 is 0. The fourth-order valence-corrected chi connectivity index (χ4v) is 0.893. The summed E-state index contributed by atoms with van der Waals surface area (Å²) in [6.07, 6.45) is 2.78. The first-order chi connectivity index (χ1) is 5.07. The highest BCUT2D eigenvalue weighted by molar-refractivity contribution is 5.87. The molecule has 0 aromatic carbocycles. The SMILES string of the molecule is CC(C)CC(=NC#N)C(C)C. The summed E-state index contributed by atoms with van der Waals surface area (Å²) in [5.41, 5.74) is 1.02. The lowest BCUT2D eigenvalue weighted by Crippen LogP contribution is -2.10. The molecule has 62 valence electrons. The fourth-order valence-electron chi connectivity index (χ4n) is 0.893. The van der Waals surface area contributed by atoms with E-state index in [-0.39, 0.29) is 0 Å². The number of hydrogen-bond acceptors (Lipinski definition) is 2. The van der Waals surface area contributed by atoms with Crippen LogP contribution in [0.1, 0.15) is 34.1 Å². The highest BCUT2D eigenvalue weighted by atomic mass is 14.7. The van der Waals surface area contributed by atoms with Crippen LogP contribution in [0.4, 0.5) is 0 Å². The van der Waals surface area contributed by atoms with E-state index in [1.807, 2.05) is 6.19 Å². The molecule has 0 atom stereocenters. The van der Waals surface area contributed by atoms with Crippen LogP contribution in [0.2, 0.25) is 0 Å². The summed E-state index contributed by atoms with van der Waals surface area (Å²) in [6.45, 7) is 8.40. The van der Waals surface area contributed by atoms with Crippen LogP contribution >= 0.6 is 0 Å². The molecule has 0 aliphatic rings. The normalized spacial score (nSPS) is 12.3. The molecule has 2 nitrogen and oxygen atoms in total. The lowest BCUT2D eigenvalue weighted by molar-refractivity contribution is 0.660. The Hall–Kier alpha value is -0.840. The molecule has 0 rings (SSSR count). The van der Waals surface area contributed by atoms with Gasteiger partial charge in [0.1, 0.15) is 0 Å². The highest BCUT2D eigenvalue weighted by Crippen LogP contribution is 2.08. The van der Waals surface area contributed by atoms with Crippen molar-refractivity contribution in [2.45, 2.75) is 34.1 Å². The quantitative estimate of drug-likeness (QED) is 0.452. The molecule has 0 bridgehead atoms. The zero-order chi connectivity index (χ0) is 8.85. The molecular formula is C9H16N2. The average molecular weight is 152 g/mol. The topological polar surface area (TPSA) is 36.1 Å². The summed E-state index contributed by atoms with van der Waals surface area (Å²) in [7, 11) is 0. The minimum atomic E-state index is 0.400. The van der Waals surface area contributed by atoms with E-state index in [4.69, 9.17) is 5.26 Å². The maximum absolute atomic E-state index is 8.36. The van der Waals surface area contributed by atoms with Crippen LogP contribution < -0.4 is 0 Å². The smallest absolute Gasteiger partial charge is 0.182 e. The van der Waals surface area contributed by atoms with Gasteiger partial charge in [-0.25, -0.2) is 0 Å². The molecule has 0 aliphatic heterocycles. The monoisotopic (exact) mass is 152 g/mol. The van der Waals surface area contributed by atoms with Gasteiger partial charge >= 0.3 is 0 Å². The molecule has 0 saturated carbocycles. The van der Waals surface area contributed by atoms with Crippen molar-refractivity contribution in [3.8, 4) is 6.19 Å². The minimum Gasteiger partial charge on any atom is -0.182 e. The second kappa shape index (κ2) is 4.90. The van der Waals surface area contributed by atoms with E-state index in [0.29, 0.717) is 11.8 Å². The minimum absolute atomic E-state index is 0.400. The molecule has 0 aromatic heterocycles. The Kier molecular flexibility index (Phi) is 4.52. The maximum Gasteiger partial charge on any atom is 0.205 e. The predicted octanol–water partition coefficient (Wildman–Crippen LogP) is 2.61. The van der Waals surface area contributed by atoms with Crippen LogP contribution in [0.5, 0.6) is 0 Å². The van der Waals surface area contributed by atoms with Crippen LogP contribution in [0, 0.1) is 23.3 Å². The molecule has 11 heavy (non-hydrogen) atoms. The number of rotatable bonds is 3. The van der Waals surface area contributed by atoms with Gasteiger partial charge in [0.15, 0.2) is 0 Å². The van der Waals surface area contributed by atoms with Gasteiger partial charge in [-0.2, -0.15) is 10.3 Å². The van der Waals surface area contributed by atoms with Crippen molar-refractivity contribution >= 4 is 5.71 Å². The molecule has 0 aliphatic carbocycles. The predicted molar refractivity (Wildman–Crippen MR) is 47.3 cm³/mol. The van der Waals surface area contributed by atoms with Crippen LogP contribution in [-0.2, 0) is 0 Å². The molecule has 0 N–H and O–H groups in total. The Labute approximate surface area is 68.9 Å². The van der Waals surface area contributed by atoms with Gasteiger partial charge in [-0.05, 0) is 18.3 Å². The molecular weight excluding hydrogens is 136 g/mol. The maximum atomic E-state index is 8.36. The third-order valence-corrected chi connectivity index (χ3v) is 1.48. The van der Waals surface area contributed by atoms with Gasteiger partial charge in [-0.3, -0.25) is 0 Å². The lowest BCUT2D eigenvalue weighted by Gasteiger charge is -2.09. The summed E-state index contributed by atoms with van der Waals surface area (Å²) in [5, 5.41) is 8.36.